The van der Waals surface area contributed by atoms with Gasteiger partial charge in [-0.05, 0) is 17.9 Å². The predicted molar refractivity (Wildman–Crippen MR) is 40.6 cm³/mol. The molecular weight excluding hydrogens is 124 g/mol. The number of H-pyrrole nitrogens is 1. The Morgan fingerprint density at radius 1 is 1.60 bits per heavy atom. The van der Waals surface area contributed by atoms with Crippen molar-refractivity contribution in [2.24, 2.45) is 5.41 Å². The van der Waals surface area contributed by atoms with Gasteiger partial charge < -0.3 is 0 Å². The maximum atomic E-state index is 4.02. The van der Waals surface area contributed by atoms with Gasteiger partial charge in [0.25, 0.3) is 0 Å². The van der Waals surface area contributed by atoms with Crippen molar-refractivity contribution in [2.75, 3.05) is 0 Å². The average Bonchev–Trinajstić information content (AvgIpc) is 2.12. The van der Waals surface area contributed by atoms with Gasteiger partial charge in [-0.3, -0.25) is 5.10 Å². The first kappa shape index (κ1) is 7.32. The molecule has 0 unspecified atom stereocenters. The Hall–Kier alpha value is -0.790. The molecular formula is C8H13N2. The summed E-state index contributed by atoms with van der Waals surface area (Å²) in [6, 6.07) is 1.89. The highest BCUT2D eigenvalue weighted by molar-refractivity contribution is 4.98. The fourth-order valence-corrected chi connectivity index (χ4v) is 0.886. The number of hydrogen-bond donors (Lipinski definition) is 1. The van der Waals surface area contributed by atoms with Gasteiger partial charge >= 0.3 is 0 Å². The van der Waals surface area contributed by atoms with E-state index in [2.05, 4.69) is 37.2 Å². The van der Waals surface area contributed by atoms with Gasteiger partial charge in [-0.2, -0.15) is 5.10 Å². The maximum absolute atomic E-state index is 4.02. The van der Waals surface area contributed by atoms with E-state index in [1.165, 1.54) is 0 Å². The molecule has 1 N–H and O–H groups in total. The molecule has 55 valence electrons. The lowest BCUT2D eigenvalue weighted by atomic mass is 9.91. The van der Waals surface area contributed by atoms with E-state index in [-0.39, 0.29) is 0 Å². The Bertz CT molecular complexity index is 182. The Labute approximate surface area is 61.7 Å². The Morgan fingerprint density at radius 2 is 2.30 bits per heavy atom. The molecule has 0 spiro atoms. The molecule has 0 saturated carbocycles. The lowest BCUT2D eigenvalue weighted by molar-refractivity contribution is 0.406. The van der Waals surface area contributed by atoms with Gasteiger partial charge in [-0.1, -0.05) is 20.8 Å². The van der Waals surface area contributed by atoms with Crippen LogP contribution < -0.4 is 0 Å². The van der Waals surface area contributed by atoms with E-state index >= 15 is 0 Å². The van der Waals surface area contributed by atoms with Gasteiger partial charge in [0.1, 0.15) is 0 Å². The largest absolute Gasteiger partial charge is 0.276 e. The van der Waals surface area contributed by atoms with E-state index in [0.717, 1.165) is 12.1 Å². The first-order valence-corrected chi connectivity index (χ1v) is 3.48. The van der Waals surface area contributed by atoms with Crippen LogP contribution in [-0.2, 0) is 6.42 Å². The summed E-state index contributed by atoms with van der Waals surface area (Å²) in [6.45, 7) is 6.59. The van der Waals surface area contributed by atoms with E-state index in [9.17, 15) is 0 Å². The molecule has 0 atom stereocenters. The molecule has 2 heteroatoms. The van der Waals surface area contributed by atoms with Crippen LogP contribution in [0.15, 0.2) is 6.07 Å². The fourth-order valence-electron chi connectivity index (χ4n) is 0.886. The number of nitrogens with zero attached hydrogens (tertiary/aromatic N) is 1. The smallest absolute Gasteiger partial charge is 0.0831 e. The topological polar surface area (TPSA) is 28.7 Å². The number of aromatic nitrogens is 2. The maximum Gasteiger partial charge on any atom is 0.0831 e. The molecule has 1 radical (unpaired) electrons. The van der Waals surface area contributed by atoms with Crippen LogP contribution in [0.2, 0.25) is 0 Å². The second-order valence-electron chi connectivity index (χ2n) is 3.74. The second-order valence-corrected chi connectivity index (χ2v) is 3.74. The summed E-state index contributed by atoms with van der Waals surface area (Å²) in [6.07, 6.45) is 3.82. The van der Waals surface area contributed by atoms with Crippen molar-refractivity contribution >= 4 is 0 Å². The molecule has 1 heterocycles. The van der Waals surface area contributed by atoms with E-state index in [1.54, 1.807) is 0 Å². The molecule has 0 fully saturated rings. The van der Waals surface area contributed by atoms with Gasteiger partial charge in [0, 0.05) is 0 Å². The molecule has 1 aromatic rings. The third-order valence-electron chi connectivity index (χ3n) is 1.21. The zero-order chi connectivity index (χ0) is 7.61. The van der Waals surface area contributed by atoms with Crippen LogP contribution in [0.1, 0.15) is 26.5 Å². The van der Waals surface area contributed by atoms with E-state index < -0.39 is 0 Å². The van der Waals surface area contributed by atoms with Gasteiger partial charge in [0.2, 0.25) is 0 Å². The molecule has 10 heavy (non-hydrogen) atoms. The van der Waals surface area contributed by atoms with Gasteiger partial charge in [-0.25, -0.2) is 0 Å². The Kier molecular flexibility index (Phi) is 1.79. The highest BCUT2D eigenvalue weighted by atomic mass is 15.1. The Morgan fingerprint density at radius 3 is 2.70 bits per heavy atom. The van der Waals surface area contributed by atoms with Crippen LogP contribution in [0.5, 0.6) is 0 Å². The van der Waals surface area contributed by atoms with Crippen LogP contribution in [0.3, 0.4) is 0 Å². The molecule has 0 amide bonds. The normalized spacial score (nSPS) is 11.9. The van der Waals surface area contributed by atoms with Crippen LogP contribution in [0.4, 0.5) is 0 Å². The fraction of sp³-hybridized carbons (Fsp3) is 0.625. The molecule has 0 bridgehead atoms. The quantitative estimate of drug-likeness (QED) is 0.628. The standard InChI is InChI=1S/C8H13N2/c1-8(2,3)6-7-4-5-9-10-7/h4H,6H2,1-3H3,(H,9,10). The molecule has 0 aliphatic carbocycles. The van der Waals surface area contributed by atoms with Crippen LogP contribution in [0, 0.1) is 11.6 Å². The zero-order valence-corrected chi connectivity index (χ0v) is 6.73. The second kappa shape index (κ2) is 2.45. The monoisotopic (exact) mass is 137 g/mol. The first-order chi connectivity index (χ1) is 4.58. The van der Waals surface area contributed by atoms with E-state index in [4.69, 9.17) is 0 Å². The third kappa shape index (κ3) is 2.21. The summed E-state index contributed by atoms with van der Waals surface area (Å²) in [5.74, 6) is 0. The summed E-state index contributed by atoms with van der Waals surface area (Å²) in [7, 11) is 0. The SMILES string of the molecule is CC(C)(C)Cc1c[c][nH]n1. The Balaban J connectivity index is 2.57. The van der Waals surface area contributed by atoms with Crippen molar-refractivity contribution < 1.29 is 0 Å². The van der Waals surface area contributed by atoms with Crippen molar-refractivity contribution in [3.05, 3.63) is 18.0 Å². The molecule has 1 rings (SSSR count). The summed E-state index contributed by atoms with van der Waals surface area (Å²) >= 11 is 0. The zero-order valence-electron chi connectivity index (χ0n) is 6.73. The van der Waals surface area contributed by atoms with E-state index in [1.807, 2.05) is 6.07 Å². The summed E-state index contributed by atoms with van der Waals surface area (Å²) < 4.78 is 0. The minimum Gasteiger partial charge on any atom is -0.276 e. The van der Waals surface area contributed by atoms with Crippen LogP contribution in [-0.4, -0.2) is 10.2 Å². The summed E-state index contributed by atoms with van der Waals surface area (Å²) in [5, 5.41) is 6.70. The van der Waals surface area contributed by atoms with Gasteiger partial charge in [0.05, 0.1) is 11.9 Å². The molecule has 0 aliphatic rings. The lowest BCUT2D eigenvalue weighted by Crippen LogP contribution is -2.09. The molecule has 0 aromatic carbocycles. The van der Waals surface area contributed by atoms with Gasteiger partial charge in [-0.15, -0.1) is 0 Å². The minimum atomic E-state index is 0.322. The van der Waals surface area contributed by atoms with Gasteiger partial charge in [0.15, 0.2) is 0 Å². The molecule has 0 aliphatic heterocycles. The highest BCUT2D eigenvalue weighted by Crippen LogP contribution is 2.18. The van der Waals surface area contributed by atoms with Crippen molar-refractivity contribution in [1.29, 1.82) is 0 Å². The number of hydrogen-bond acceptors (Lipinski definition) is 1. The summed E-state index contributed by atoms with van der Waals surface area (Å²) in [4.78, 5) is 0. The highest BCUT2D eigenvalue weighted by Gasteiger charge is 2.11. The molecule has 0 saturated heterocycles. The first-order valence-electron chi connectivity index (χ1n) is 3.48. The average molecular weight is 137 g/mol. The minimum absolute atomic E-state index is 0.322. The molecule has 2 nitrogen and oxygen atoms in total. The van der Waals surface area contributed by atoms with Crippen molar-refractivity contribution in [2.45, 2.75) is 27.2 Å². The number of rotatable bonds is 1. The lowest BCUT2D eigenvalue weighted by Gasteiger charge is -2.15. The van der Waals surface area contributed by atoms with Crippen molar-refractivity contribution in [3.8, 4) is 0 Å². The van der Waals surface area contributed by atoms with E-state index in [0.29, 0.717) is 5.41 Å². The van der Waals surface area contributed by atoms with Crippen LogP contribution in [0.25, 0.3) is 0 Å². The molecule has 1 aromatic heterocycles. The summed E-state index contributed by atoms with van der Waals surface area (Å²) in [5.41, 5.74) is 1.41. The predicted octanol–water partition coefficient (Wildman–Crippen LogP) is 1.80. The third-order valence-corrected chi connectivity index (χ3v) is 1.21. The number of nitrogens with one attached hydrogen (secondary N) is 1. The number of aromatic amines is 1. The van der Waals surface area contributed by atoms with Crippen molar-refractivity contribution in [1.82, 2.24) is 10.2 Å². The van der Waals surface area contributed by atoms with Crippen LogP contribution >= 0.6 is 0 Å². The van der Waals surface area contributed by atoms with Crippen molar-refractivity contribution in [3.63, 3.8) is 0 Å².